The molecule has 1 aliphatic carbocycles. The highest BCUT2D eigenvalue weighted by Gasteiger charge is 2.32. The summed E-state index contributed by atoms with van der Waals surface area (Å²) in [4.78, 5) is 27.4. The van der Waals surface area contributed by atoms with Crippen LogP contribution in [0, 0.1) is 5.92 Å². The van der Waals surface area contributed by atoms with Gasteiger partial charge in [-0.3, -0.25) is 4.79 Å². The predicted octanol–water partition coefficient (Wildman–Crippen LogP) is 2.18. The molecule has 1 aromatic carbocycles. The van der Waals surface area contributed by atoms with Gasteiger partial charge in [0.05, 0.1) is 31.9 Å². The standard InChI is InChI=1S/C25H40N4O6S/c1-17-14-29(18(2)16-30)24(31)13-19-12-21(27-25(32)26-20-8-6-5-7-9-20)10-11-22(19)35-23(17)15-28(3)36(4,33)34/h10-12,17-18,20,23,30H,5-9,13-16H2,1-4H3,(H2,26,27,32)/t17-,18-,23-/m0/s1. The Labute approximate surface area is 214 Å². The molecule has 0 unspecified atom stereocenters. The van der Waals surface area contributed by atoms with Crippen LogP contribution in [0.25, 0.3) is 0 Å². The summed E-state index contributed by atoms with van der Waals surface area (Å²) >= 11 is 0. The van der Waals surface area contributed by atoms with Crippen molar-refractivity contribution in [3.63, 3.8) is 0 Å². The molecule has 0 spiro atoms. The average molecular weight is 525 g/mol. The summed E-state index contributed by atoms with van der Waals surface area (Å²) in [5, 5.41) is 15.6. The number of carbonyl (C=O) groups is 2. The summed E-state index contributed by atoms with van der Waals surface area (Å²) in [7, 11) is -1.94. The first kappa shape index (κ1) is 28.2. The van der Waals surface area contributed by atoms with Crippen molar-refractivity contribution >= 4 is 27.6 Å². The normalized spacial score (nSPS) is 22.6. The lowest BCUT2D eigenvalue weighted by atomic mass is 9.96. The van der Waals surface area contributed by atoms with Gasteiger partial charge in [0, 0.05) is 36.8 Å². The van der Waals surface area contributed by atoms with E-state index >= 15 is 0 Å². The van der Waals surface area contributed by atoms with E-state index in [4.69, 9.17) is 4.74 Å². The third kappa shape index (κ3) is 7.57. The van der Waals surface area contributed by atoms with Crippen molar-refractivity contribution in [3.05, 3.63) is 23.8 Å². The molecule has 10 nitrogen and oxygen atoms in total. The number of fused-ring (bicyclic) bond motifs is 1. The van der Waals surface area contributed by atoms with E-state index in [1.165, 1.54) is 17.8 Å². The fourth-order valence-corrected chi connectivity index (χ4v) is 5.13. The van der Waals surface area contributed by atoms with Crippen LogP contribution >= 0.6 is 0 Å². The van der Waals surface area contributed by atoms with Gasteiger partial charge in [-0.15, -0.1) is 0 Å². The molecule has 2 aliphatic rings. The molecule has 1 saturated carbocycles. The zero-order chi connectivity index (χ0) is 26.5. The maximum absolute atomic E-state index is 13.3. The largest absolute Gasteiger partial charge is 0.488 e. The molecule has 1 fully saturated rings. The van der Waals surface area contributed by atoms with Gasteiger partial charge in [0.15, 0.2) is 0 Å². The molecular formula is C25H40N4O6S. The summed E-state index contributed by atoms with van der Waals surface area (Å²) in [6.45, 7) is 3.91. The third-order valence-corrected chi connectivity index (χ3v) is 8.40. The number of aliphatic hydroxyl groups is 1. The molecule has 3 rings (SSSR count). The SMILES string of the molecule is C[C@H]1CN([C@@H](C)CO)C(=O)Cc2cc(NC(=O)NC3CCCCC3)ccc2O[C@H]1CN(C)S(C)(=O)=O. The first-order chi connectivity index (χ1) is 17.0. The number of urea groups is 1. The second-order valence-electron chi connectivity index (χ2n) is 10.2. The number of ether oxygens (including phenoxy) is 1. The van der Waals surface area contributed by atoms with Crippen LogP contribution in [0.5, 0.6) is 5.75 Å². The Morgan fingerprint density at radius 1 is 1.28 bits per heavy atom. The lowest BCUT2D eigenvalue weighted by molar-refractivity contribution is -0.134. The number of amides is 3. The Kier molecular flexibility index (Phi) is 9.59. The number of likely N-dealkylation sites (N-methyl/N-ethyl adjacent to an activating group) is 1. The number of benzene rings is 1. The van der Waals surface area contributed by atoms with E-state index in [1.54, 1.807) is 30.0 Å². The minimum atomic E-state index is -3.43. The van der Waals surface area contributed by atoms with E-state index in [1.807, 2.05) is 6.92 Å². The summed E-state index contributed by atoms with van der Waals surface area (Å²) in [5.74, 6) is 0.0881. The van der Waals surface area contributed by atoms with Crippen LogP contribution in [-0.2, 0) is 21.2 Å². The molecule has 11 heteroatoms. The number of anilines is 1. The van der Waals surface area contributed by atoms with Gasteiger partial charge in [0.2, 0.25) is 15.9 Å². The maximum atomic E-state index is 13.3. The Bertz CT molecular complexity index is 1030. The van der Waals surface area contributed by atoms with Gasteiger partial charge in [-0.25, -0.2) is 17.5 Å². The first-order valence-corrected chi connectivity index (χ1v) is 14.5. The number of nitrogens with zero attached hydrogens (tertiary/aromatic N) is 2. The van der Waals surface area contributed by atoms with Crippen LogP contribution in [0.15, 0.2) is 18.2 Å². The highest BCUT2D eigenvalue weighted by atomic mass is 32.2. The van der Waals surface area contributed by atoms with Gasteiger partial charge in [-0.2, -0.15) is 0 Å². The smallest absolute Gasteiger partial charge is 0.319 e. The van der Waals surface area contributed by atoms with Crippen molar-refractivity contribution in [1.29, 1.82) is 0 Å². The van der Waals surface area contributed by atoms with Gasteiger partial charge < -0.3 is 25.4 Å². The average Bonchev–Trinajstić information content (AvgIpc) is 2.86. The Morgan fingerprint density at radius 2 is 1.97 bits per heavy atom. The summed E-state index contributed by atoms with van der Waals surface area (Å²) in [5.41, 5.74) is 1.13. The van der Waals surface area contributed by atoms with Crippen LogP contribution in [0.2, 0.25) is 0 Å². The van der Waals surface area contributed by atoms with Crippen LogP contribution in [0.3, 0.4) is 0 Å². The zero-order valence-corrected chi connectivity index (χ0v) is 22.5. The van der Waals surface area contributed by atoms with Crippen molar-refractivity contribution in [2.75, 3.05) is 38.3 Å². The van der Waals surface area contributed by atoms with Gasteiger partial charge in [0.1, 0.15) is 11.9 Å². The molecule has 3 atom stereocenters. The quantitative estimate of drug-likeness (QED) is 0.502. The van der Waals surface area contributed by atoms with E-state index in [-0.39, 0.29) is 43.5 Å². The lowest BCUT2D eigenvalue weighted by Crippen LogP contribution is -2.48. The summed E-state index contributed by atoms with van der Waals surface area (Å²) in [6, 6.07) is 4.63. The van der Waals surface area contributed by atoms with Crippen LogP contribution < -0.4 is 15.4 Å². The fraction of sp³-hybridized carbons (Fsp3) is 0.680. The number of nitrogens with one attached hydrogen (secondary N) is 2. The number of rotatable bonds is 7. The topological polar surface area (TPSA) is 128 Å². The molecule has 0 radical (unpaired) electrons. The number of aliphatic hydroxyl groups excluding tert-OH is 1. The highest BCUT2D eigenvalue weighted by molar-refractivity contribution is 7.88. The Balaban J connectivity index is 1.86. The van der Waals surface area contributed by atoms with Crippen molar-refractivity contribution in [2.45, 2.75) is 70.6 Å². The molecule has 3 amide bonds. The van der Waals surface area contributed by atoms with Crippen molar-refractivity contribution in [1.82, 2.24) is 14.5 Å². The number of carbonyl (C=O) groups excluding carboxylic acids is 2. The molecule has 0 bridgehead atoms. The molecule has 0 aromatic heterocycles. The van der Waals surface area contributed by atoms with Crippen molar-refractivity contribution in [3.8, 4) is 5.75 Å². The minimum absolute atomic E-state index is 0.0286. The number of sulfonamides is 1. The van der Waals surface area contributed by atoms with Crippen LogP contribution in [-0.4, -0.2) is 85.9 Å². The maximum Gasteiger partial charge on any atom is 0.319 e. The highest BCUT2D eigenvalue weighted by Crippen LogP contribution is 2.29. The second-order valence-corrected chi connectivity index (χ2v) is 12.3. The third-order valence-electron chi connectivity index (χ3n) is 7.12. The van der Waals surface area contributed by atoms with E-state index in [9.17, 15) is 23.1 Å². The Hall–Kier alpha value is -2.37. The molecule has 1 aromatic rings. The molecule has 1 heterocycles. The molecule has 36 heavy (non-hydrogen) atoms. The van der Waals surface area contributed by atoms with Gasteiger partial charge in [-0.05, 0) is 38.0 Å². The molecule has 1 aliphatic heterocycles. The van der Waals surface area contributed by atoms with Crippen molar-refractivity contribution in [2.24, 2.45) is 5.92 Å². The van der Waals surface area contributed by atoms with Gasteiger partial charge >= 0.3 is 6.03 Å². The number of hydrogen-bond acceptors (Lipinski definition) is 6. The monoisotopic (exact) mass is 524 g/mol. The van der Waals surface area contributed by atoms with Crippen LogP contribution in [0.4, 0.5) is 10.5 Å². The molecule has 3 N–H and O–H groups in total. The van der Waals surface area contributed by atoms with Gasteiger partial charge in [-0.1, -0.05) is 26.2 Å². The Morgan fingerprint density at radius 3 is 2.61 bits per heavy atom. The van der Waals surface area contributed by atoms with E-state index < -0.39 is 22.2 Å². The summed E-state index contributed by atoms with van der Waals surface area (Å²) in [6.07, 6.45) is 6.00. The zero-order valence-electron chi connectivity index (χ0n) is 21.7. The fourth-order valence-electron chi connectivity index (χ4n) is 4.71. The predicted molar refractivity (Wildman–Crippen MR) is 138 cm³/mol. The minimum Gasteiger partial charge on any atom is -0.488 e. The molecular weight excluding hydrogens is 484 g/mol. The molecule has 202 valence electrons. The van der Waals surface area contributed by atoms with Crippen molar-refractivity contribution < 1.29 is 27.9 Å². The summed E-state index contributed by atoms with van der Waals surface area (Å²) < 4.78 is 31.7. The number of hydrogen-bond donors (Lipinski definition) is 3. The van der Waals surface area contributed by atoms with Gasteiger partial charge in [0.25, 0.3) is 0 Å². The van der Waals surface area contributed by atoms with E-state index in [2.05, 4.69) is 10.6 Å². The van der Waals surface area contributed by atoms with E-state index in [0.717, 1.165) is 31.9 Å². The first-order valence-electron chi connectivity index (χ1n) is 12.7. The molecule has 0 saturated heterocycles. The van der Waals surface area contributed by atoms with Crippen LogP contribution in [0.1, 0.15) is 51.5 Å². The second kappa shape index (κ2) is 12.2. The van der Waals surface area contributed by atoms with E-state index in [0.29, 0.717) is 23.5 Å². The lowest BCUT2D eigenvalue weighted by Gasteiger charge is -2.33.